The Morgan fingerprint density at radius 2 is 1.50 bits per heavy atom. The molecule has 2 aromatic carbocycles. The van der Waals surface area contributed by atoms with Gasteiger partial charge in [-0.3, -0.25) is 9.78 Å². The largest absolute Gasteiger partial charge is 0.410 e. The second kappa shape index (κ2) is 12.5. The first kappa shape index (κ1) is 32.2. The summed E-state index contributed by atoms with van der Waals surface area (Å²) in [6, 6.07) is 12.1. The van der Waals surface area contributed by atoms with Crippen LogP contribution < -0.4 is 0 Å². The molecule has 0 bridgehead atoms. The lowest BCUT2D eigenvalue weighted by Gasteiger charge is -2.42. The molecule has 1 aromatic heterocycles. The van der Waals surface area contributed by atoms with E-state index in [0.717, 1.165) is 60.9 Å². The van der Waals surface area contributed by atoms with Crippen molar-refractivity contribution in [2.75, 3.05) is 0 Å². The molecule has 226 valence electrons. The van der Waals surface area contributed by atoms with E-state index in [4.69, 9.17) is 9.41 Å². The van der Waals surface area contributed by atoms with Crippen molar-refractivity contribution in [3.05, 3.63) is 88.7 Å². The van der Waals surface area contributed by atoms with Gasteiger partial charge in [-0.05, 0) is 84.8 Å². The third-order valence-corrected chi connectivity index (χ3v) is 14.1. The van der Waals surface area contributed by atoms with Crippen molar-refractivity contribution in [2.24, 2.45) is 5.41 Å². The van der Waals surface area contributed by atoms with Crippen LogP contribution in [0.4, 0.5) is 8.78 Å². The number of carbonyl (C=O) groups excluding carboxylic acids is 1. The number of hydrogen-bond acceptors (Lipinski definition) is 3. The molecule has 6 heteroatoms. The summed E-state index contributed by atoms with van der Waals surface area (Å²) in [5, 5.41) is -0.0262. The highest BCUT2D eigenvalue weighted by Crippen LogP contribution is 2.48. The van der Waals surface area contributed by atoms with Crippen LogP contribution in [0.25, 0.3) is 11.1 Å². The summed E-state index contributed by atoms with van der Waals surface area (Å²) in [7, 11) is -2.26. The average Bonchev–Trinajstić information content (AvgIpc) is 3.46. The first-order valence-electron chi connectivity index (χ1n) is 15.4. The highest BCUT2D eigenvalue weighted by atomic mass is 28.4. The standard InChI is InChI=1S/C36H47F2NO2Si/c1-9-36(5,6)22-30(41-42(7,8)35(2,3)4)29-23-39-33(25-12-10-11-13-25)32(31(29)24-14-18-27(37)19-15-24)34(40)26-16-20-28(38)21-17-26/h14-21,23,25,30H,9-13,22H2,1-8H3/t30-/m0/s1. The van der Waals surface area contributed by atoms with Gasteiger partial charge in [0, 0.05) is 28.8 Å². The molecule has 0 radical (unpaired) electrons. The van der Waals surface area contributed by atoms with Crippen LogP contribution in [0.15, 0.2) is 54.7 Å². The van der Waals surface area contributed by atoms with Crippen molar-refractivity contribution >= 4 is 14.1 Å². The Labute approximate surface area is 252 Å². The third-order valence-electron chi connectivity index (χ3n) is 9.63. The number of carbonyl (C=O) groups is 1. The van der Waals surface area contributed by atoms with E-state index in [-0.39, 0.29) is 34.1 Å². The SMILES string of the molecule is CCC(C)(C)C[C@H](O[Si](C)(C)C(C)(C)C)c1cnc(C2CCCC2)c(C(=O)c2ccc(F)cc2)c1-c1ccc(F)cc1. The van der Waals surface area contributed by atoms with E-state index in [1.807, 2.05) is 6.20 Å². The molecular weight excluding hydrogens is 544 g/mol. The lowest BCUT2D eigenvalue weighted by molar-refractivity contribution is 0.103. The maximum Gasteiger partial charge on any atom is 0.195 e. The van der Waals surface area contributed by atoms with E-state index in [0.29, 0.717) is 11.1 Å². The number of rotatable bonds is 10. The second-order valence-electron chi connectivity index (χ2n) is 14.3. The number of hydrogen-bond donors (Lipinski definition) is 0. The summed E-state index contributed by atoms with van der Waals surface area (Å²) in [6.45, 7) is 17.9. The van der Waals surface area contributed by atoms with Crippen LogP contribution in [0.3, 0.4) is 0 Å². The second-order valence-corrected chi connectivity index (χ2v) is 19.0. The number of benzene rings is 2. The van der Waals surface area contributed by atoms with Gasteiger partial charge in [0.15, 0.2) is 14.1 Å². The minimum atomic E-state index is -2.26. The molecule has 4 rings (SSSR count). The molecule has 1 saturated carbocycles. The summed E-state index contributed by atoms with van der Waals surface area (Å²) in [4.78, 5) is 19.6. The normalized spacial score (nSPS) is 15.7. The first-order chi connectivity index (χ1) is 19.6. The maximum atomic E-state index is 14.5. The maximum absolute atomic E-state index is 14.5. The minimum Gasteiger partial charge on any atom is -0.410 e. The Bertz CT molecular complexity index is 1390. The van der Waals surface area contributed by atoms with E-state index >= 15 is 0 Å². The fourth-order valence-electron chi connectivity index (χ4n) is 5.59. The molecule has 0 amide bonds. The molecule has 0 saturated heterocycles. The minimum absolute atomic E-state index is 0.0262. The van der Waals surface area contributed by atoms with Gasteiger partial charge in [0.1, 0.15) is 11.6 Å². The smallest absolute Gasteiger partial charge is 0.195 e. The Balaban J connectivity index is 2.05. The third kappa shape index (κ3) is 7.08. The summed E-state index contributed by atoms with van der Waals surface area (Å²) in [5.74, 6) is -0.758. The molecule has 0 spiro atoms. The number of aromatic nitrogens is 1. The summed E-state index contributed by atoms with van der Waals surface area (Å²) < 4.78 is 35.3. The van der Waals surface area contributed by atoms with Gasteiger partial charge in [0.25, 0.3) is 0 Å². The van der Waals surface area contributed by atoms with Gasteiger partial charge in [-0.15, -0.1) is 0 Å². The highest BCUT2D eigenvalue weighted by molar-refractivity contribution is 6.74. The molecule has 42 heavy (non-hydrogen) atoms. The van der Waals surface area contributed by atoms with E-state index in [1.54, 1.807) is 24.3 Å². The number of pyridine rings is 1. The van der Waals surface area contributed by atoms with Crippen LogP contribution in [0.5, 0.6) is 0 Å². The van der Waals surface area contributed by atoms with Crippen LogP contribution in [0, 0.1) is 17.0 Å². The van der Waals surface area contributed by atoms with Crippen LogP contribution in [0.1, 0.15) is 119 Å². The van der Waals surface area contributed by atoms with Crippen LogP contribution in [-0.2, 0) is 4.43 Å². The van der Waals surface area contributed by atoms with E-state index in [1.165, 1.54) is 24.3 Å². The Morgan fingerprint density at radius 1 is 0.952 bits per heavy atom. The van der Waals surface area contributed by atoms with E-state index < -0.39 is 14.1 Å². The van der Waals surface area contributed by atoms with Crippen molar-refractivity contribution < 1.29 is 18.0 Å². The zero-order valence-electron chi connectivity index (χ0n) is 26.6. The van der Waals surface area contributed by atoms with Crippen molar-refractivity contribution in [3.8, 4) is 11.1 Å². The summed E-state index contributed by atoms with van der Waals surface area (Å²) >= 11 is 0. The highest BCUT2D eigenvalue weighted by Gasteiger charge is 2.42. The van der Waals surface area contributed by atoms with Crippen molar-refractivity contribution in [3.63, 3.8) is 0 Å². The van der Waals surface area contributed by atoms with Crippen molar-refractivity contribution in [1.82, 2.24) is 4.98 Å². The monoisotopic (exact) mass is 591 g/mol. The van der Waals surface area contributed by atoms with Gasteiger partial charge in [-0.1, -0.05) is 72.9 Å². The molecule has 0 unspecified atom stereocenters. The molecule has 1 fully saturated rings. The van der Waals surface area contributed by atoms with Gasteiger partial charge in [0.05, 0.1) is 17.4 Å². The molecule has 0 aliphatic heterocycles. The fraction of sp³-hybridized carbons (Fsp3) is 0.500. The molecule has 3 nitrogen and oxygen atoms in total. The molecule has 1 heterocycles. The van der Waals surface area contributed by atoms with Gasteiger partial charge in [0.2, 0.25) is 0 Å². The van der Waals surface area contributed by atoms with E-state index in [2.05, 4.69) is 54.6 Å². The lowest BCUT2D eigenvalue weighted by atomic mass is 9.79. The Kier molecular flexibility index (Phi) is 9.58. The number of nitrogens with zero attached hydrogens (tertiary/aromatic N) is 1. The predicted molar refractivity (Wildman–Crippen MR) is 170 cm³/mol. The zero-order valence-corrected chi connectivity index (χ0v) is 27.6. The van der Waals surface area contributed by atoms with Crippen LogP contribution in [0.2, 0.25) is 18.1 Å². The van der Waals surface area contributed by atoms with Crippen LogP contribution >= 0.6 is 0 Å². The Morgan fingerprint density at radius 3 is 2.02 bits per heavy atom. The van der Waals surface area contributed by atoms with E-state index in [9.17, 15) is 13.6 Å². The average molecular weight is 592 g/mol. The van der Waals surface area contributed by atoms with Crippen LogP contribution in [-0.4, -0.2) is 19.1 Å². The molecular formula is C36H47F2NO2Si. The zero-order chi connectivity index (χ0) is 30.9. The molecule has 1 atom stereocenters. The quantitative estimate of drug-likeness (QED) is 0.174. The van der Waals surface area contributed by atoms with Gasteiger partial charge < -0.3 is 4.43 Å². The molecule has 3 aromatic rings. The molecule has 0 N–H and O–H groups in total. The van der Waals surface area contributed by atoms with Gasteiger partial charge in [-0.2, -0.15) is 0 Å². The fourth-order valence-corrected chi connectivity index (χ4v) is 6.87. The molecule has 1 aliphatic rings. The first-order valence-corrected chi connectivity index (χ1v) is 18.3. The van der Waals surface area contributed by atoms with Gasteiger partial charge >= 0.3 is 0 Å². The number of ketones is 1. The van der Waals surface area contributed by atoms with Gasteiger partial charge in [-0.25, -0.2) is 8.78 Å². The molecule has 1 aliphatic carbocycles. The lowest BCUT2D eigenvalue weighted by Crippen LogP contribution is -2.42. The Hall–Kier alpha value is -2.70. The topological polar surface area (TPSA) is 39.2 Å². The van der Waals surface area contributed by atoms with Crippen molar-refractivity contribution in [2.45, 2.75) is 110 Å². The predicted octanol–water partition coefficient (Wildman–Crippen LogP) is 10.8. The van der Waals surface area contributed by atoms with Crippen molar-refractivity contribution in [1.29, 1.82) is 0 Å². The summed E-state index contributed by atoms with van der Waals surface area (Å²) in [6.07, 6.45) is 7.43. The number of halogens is 2. The summed E-state index contributed by atoms with van der Waals surface area (Å²) in [5.41, 5.74) is 4.09.